The third kappa shape index (κ3) is 7.31. The molecule has 1 aromatic heterocycles. The lowest BCUT2D eigenvalue weighted by atomic mass is 9.95. The van der Waals surface area contributed by atoms with Crippen LogP contribution in [0.2, 0.25) is 0 Å². The molecule has 0 aliphatic rings. The molecule has 0 saturated heterocycles. The third-order valence-electron chi connectivity index (χ3n) is 14.0. The van der Waals surface area contributed by atoms with E-state index < -0.39 is 0 Å². The Balaban J connectivity index is 0.924. The molecule has 2 nitrogen and oxygen atoms in total. The van der Waals surface area contributed by atoms with E-state index in [-0.39, 0.29) is 0 Å². The van der Waals surface area contributed by atoms with E-state index in [1.807, 2.05) is 0 Å². The fraction of sp³-hybridized carbons (Fsp3) is 0. The average molecular weight is 891 g/mol. The minimum atomic E-state index is 1.08. The van der Waals surface area contributed by atoms with Crippen molar-refractivity contribution in [2.24, 2.45) is 0 Å². The van der Waals surface area contributed by atoms with Gasteiger partial charge in [-0.05, 0) is 132 Å². The van der Waals surface area contributed by atoms with E-state index >= 15 is 0 Å². The van der Waals surface area contributed by atoms with Crippen molar-refractivity contribution in [1.29, 1.82) is 0 Å². The molecule has 13 aromatic rings. The second-order valence-corrected chi connectivity index (χ2v) is 18.1. The van der Waals surface area contributed by atoms with Gasteiger partial charge in [0.2, 0.25) is 0 Å². The maximum Gasteiger partial charge on any atom is 0.0541 e. The molecule has 1 heterocycles. The molecule has 0 spiro atoms. The molecule has 0 unspecified atom stereocenters. The summed E-state index contributed by atoms with van der Waals surface area (Å²) in [5, 5.41) is 7.52. The zero-order valence-electron chi connectivity index (χ0n) is 38.5. The van der Waals surface area contributed by atoms with Crippen LogP contribution in [-0.4, -0.2) is 4.57 Å². The molecule has 0 saturated carbocycles. The normalized spacial score (nSPS) is 11.4. The summed E-state index contributed by atoms with van der Waals surface area (Å²) >= 11 is 0. The van der Waals surface area contributed by atoms with Crippen LogP contribution in [0.3, 0.4) is 0 Å². The number of nitrogens with zero attached hydrogens (tertiary/aromatic N) is 2. The molecule has 0 aliphatic carbocycles. The summed E-state index contributed by atoms with van der Waals surface area (Å²) < 4.78 is 2.40. The van der Waals surface area contributed by atoms with Crippen LogP contribution in [0.15, 0.2) is 279 Å². The van der Waals surface area contributed by atoms with Crippen molar-refractivity contribution in [2.45, 2.75) is 0 Å². The third-order valence-corrected chi connectivity index (χ3v) is 14.0. The van der Waals surface area contributed by atoms with Gasteiger partial charge in [0, 0.05) is 33.4 Å². The van der Waals surface area contributed by atoms with Gasteiger partial charge in [-0.2, -0.15) is 0 Å². The first-order valence-corrected chi connectivity index (χ1v) is 24.1. The molecule has 12 aromatic carbocycles. The van der Waals surface area contributed by atoms with Crippen LogP contribution in [0.4, 0.5) is 17.1 Å². The molecule has 0 amide bonds. The van der Waals surface area contributed by atoms with Gasteiger partial charge in [-0.3, -0.25) is 0 Å². The standard InChI is InChI=1S/C68H46N2/c1-2-15-51(16-3-1)65-46-55(54-21-12-22-58(45-54)70-66-29-10-8-25-63(66)64-26-9-11-30-67(64)70)39-44-68(65)69(57-42-37-53(38-43-57)62-28-14-20-50-18-5-7-24-60(50)62)56-40-35-48(36-41-56)47-31-33-52(34-32-47)61-27-13-19-49-17-4-6-23-59(49)61/h1-46H. The first-order valence-electron chi connectivity index (χ1n) is 24.1. The van der Waals surface area contributed by atoms with Crippen molar-refractivity contribution < 1.29 is 0 Å². The lowest BCUT2D eigenvalue weighted by molar-refractivity contribution is 1.18. The Morgan fingerprint density at radius 3 is 1.23 bits per heavy atom. The highest BCUT2D eigenvalue weighted by atomic mass is 15.1. The van der Waals surface area contributed by atoms with Crippen LogP contribution >= 0.6 is 0 Å². The molecular weight excluding hydrogens is 845 g/mol. The topological polar surface area (TPSA) is 8.17 Å². The number of fused-ring (bicyclic) bond motifs is 5. The predicted molar refractivity (Wildman–Crippen MR) is 298 cm³/mol. The van der Waals surface area contributed by atoms with Crippen molar-refractivity contribution >= 4 is 60.4 Å². The lowest BCUT2D eigenvalue weighted by Gasteiger charge is -2.29. The smallest absolute Gasteiger partial charge is 0.0541 e. The summed E-state index contributed by atoms with van der Waals surface area (Å²) in [6.07, 6.45) is 0. The number of benzene rings is 12. The fourth-order valence-electron chi connectivity index (χ4n) is 10.6. The minimum absolute atomic E-state index is 1.08. The van der Waals surface area contributed by atoms with Gasteiger partial charge in [-0.15, -0.1) is 0 Å². The molecule has 0 fully saturated rings. The largest absolute Gasteiger partial charge is 0.310 e. The summed E-state index contributed by atoms with van der Waals surface area (Å²) in [6, 6.07) is 102. The second kappa shape index (κ2) is 17.4. The average Bonchev–Trinajstić information content (AvgIpc) is 3.78. The fourth-order valence-corrected chi connectivity index (χ4v) is 10.6. The van der Waals surface area contributed by atoms with E-state index in [4.69, 9.17) is 0 Å². The van der Waals surface area contributed by atoms with E-state index in [0.717, 1.165) is 45.0 Å². The molecule has 0 radical (unpaired) electrons. The number of aromatic nitrogens is 1. The summed E-state index contributed by atoms with van der Waals surface area (Å²) in [5.41, 5.74) is 18.6. The van der Waals surface area contributed by atoms with Gasteiger partial charge in [0.25, 0.3) is 0 Å². The predicted octanol–water partition coefficient (Wildman–Crippen LogP) is 18.9. The van der Waals surface area contributed by atoms with Crippen molar-refractivity contribution in [3.8, 4) is 61.3 Å². The molecule has 328 valence electrons. The van der Waals surface area contributed by atoms with Crippen LogP contribution < -0.4 is 4.90 Å². The highest BCUT2D eigenvalue weighted by Crippen LogP contribution is 2.44. The van der Waals surface area contributed by atoms with Gasteiger partial charge in [0.05, 0.1) is 16.7 Å². The van der Waals surface area contributed by atoms with Gasteiger partial charge in [-0.25, -0.2) is 0 Å². The van der Waals surface area contributed by atoms with Gasteiger partial charge in [0.15, 0.2) is 0 Å². The molecule has 13 rings (SSSR count). The molecule has 0 bridgehead atoms. The number of hydrogen-bond donors (Lipinski definition) is 0. The van der Waals surface area contributed by atoms with Crippen LogP contribution in [0, 0.1) is 0 Å². The Bertz CT molecular complexity index is 3970. The van der Waals surface area contributed by atoms with E-state index in [2.05, 4.69) is 289 Å². The van der Waals surface area contributed by atoms with Gasteiger partial charge in [-0.1, -0.05) is 218 Å². The van der Waals surface area contributed by atoms with E-state index in [9.17, 15) is 0 Å². The Kier molecular flexibility index (Phi) is 10.2. The Morgan fingerprint density at radius 2 is 0.643 bits per heavy atom. The molecule has 0 aliphatic heterocycles. The minimum Gasteiger partial charge on any atom is -0.310 e. The van der Waals surface area contributed by atoms with E-state index in [0.29, 0.717) is 0 Å². The van der Waals surface area contributed by atoms with Crippen molar-refractivity contribution in [3.05, 3.63) is 279 Å². The molecule has 0 atom stereocenters. The quantitative estimate of drug-likeness (QED) is 0.140. The Hall–Kier alpha value is -9.24. The summed E-state index contributed by atoms with van der Waals surface area (Å²) in [4.78, 5) is 2.42. The Morgan fingerprint density at radius 1 is 0.243 bits per heavy atom. The first-order chi connectivity index (χ1) is 34.7. The zero-order valence-corrected chi connectivity index (χ0v) is 38.5. The SMILES string of the molecule is c1ccc(-c2cc(-c3cccc(-n4c5ccccc5c5ccccc54)c3)ccc2N(c2ccc(-c3ccc(-c4cccc5ccccc45)cc3)cc2)c2ccc(-c3cccc4ccccc34)cc2)cc1. The maximum absolute atomic E-state index is 2.42. The van der Waals surface area contributed by atoms with Gasteiger partial charge >= 0.3 is 0 Å². The second-order valence-electron chi connectivity index (χ2n) is 18.1. The first kappa shape index (κ1) is 41.0. The number of rotatable bonds is 9. The highest BCUT2D eigenvalue weighted by molar-refractivity contribution is 6.09. The van der Waals surface area contributed by atoms with Crippen LogP contribution in [-0.2, 0) is 0 Å². The van der Waals surface area contributed by atoms with Crippen LogP contribution in [0.1, 0.15) is 0 Å². The van der Waals surface area contributed by atoms with Crippen LogP contribution in [0.25, 0.3) is 105 Å². The number of para-hydroxylation sites is 2. The zero-order chi connectivity index (χ0) is 46.4. The summed E-state index contributed by atoms with van der Waals surface area (Å²) in [7, 11) is 0. The number of anilines is 3. The highest BCUT2D eigenvalue weighted by Gasteiger charge is 2.20. The van der Waals surface area contributed by atoms with Crippen molar-refractivity contribution in [3.63, 3.8) is 0 Å². The van der Waals surface area contributed by atoms with Crippen molar-refractivity contribution in [2.75, 3.05) is 4.90 Å². The molecule has 70 heavy (non-hydrogen) atoms. The van der Waals surface area contributed by atoms with Crippen LogP contribution in [0.5, 0.6) is 0 Å². The number of hydrogen-bond acceptors (Lipinski definition) is 1. The summed E-state index contributed by atoms with van der Waals surface area (Å²) in [6.45, 7) is 0. The molecule has 0 N–H and O–H groups in total. The molecule has 2 heteroatoms. The maximum atomic E-state index is 2.42. The molecular formula is C68H46N2. The van der Waals surface area contributed by atoms with Gasteiger partial charge in [0.1, 0.15) is 0 Å². The van der Waals surface area contributed by atoms with E-state index in [1.165, 1.54) is 76.7 Å². The van der Waals surface area contributed by atoms with Crippen molar-refractivity contribution in [1.82, 2.24) is 4.57 Å². The van der Waals surface area contributed by atoms with Gasteiger partial charge < -0.3 is 9.47 Å². The monoisotopic (exact) mass is 890 g/mol. The Labute approximate surface area is 408 Å². The summed E-state index contributed by atoms with van der Waals surface area (Å²) in [5.74, 6) is 0. The lowest BCUT2D eigenvalue weighted by Crippen LogP contribution is -2.11. The van der Waals surface area contributed by atoms with E-state index in [1.54, 1.807) is 0 Å².